The maximum atomic E-state index is 12.7. The lowest BCUT2D eigenvalue weighted by Crippen LogP contribution is -2.52. The molecule has 38 heavy (non-hydrogen) atoms. The van der Waals surface area contributed by atoms with Crippen LogP contribution in [0.4, 0.5) is 0 Å². The van der Waals surface area contributed by atoms with Crippen LogP contribution in [0, 0.1) is 28.6 Å². The van der Waals surface area contributed by atoms with Gasteiger partial charge in [0.1, 0.15) is 0 Å². The van der Waals surface area contributed by atoms with Crippen molar-refractivity contribution in [3.8, 4) is 0 Å². The molecule has 0 aromatic heterocycles. The Hall–Kier alpha value is -1.05. The van der Waals surface area contributed by atoms with Gasteiger partial charge in [0.15, 0.2) is 0 Å². The van der Waals surface area contributed by atoms with Crippen molar-refractivity contribution in [2.75, 3.05) is 6.61 Å². The molecule has 2 nitrogen and oxygen atoms in total. The largest absolute Gasteiger partial charge is 0.465 e. The second kappa shape index (κ2) is 15.7. The van der Waals surface area contributed by atoms with Gasteiger partial charge in [-0.25, -0.2) is 0 Å². The van der Waals surface area contributed by atoms with E-state index in [4.69, 9.17) is 4.74 Å². The fraction of sp³-hybridized carbons (Fsp3) is 0.861. The molecule has 3 aliphatic rings. The second-order valence-corrected chi connectivity index (χ2v) is 14.1. The third-order valence-electron chi connectivity index (χ3n) is 10.9. The van der Waals surface area contributed by atoms with Crippen molar-refractivity contribution < 1.29 is 9.53 Å². The van der Waals surface area contributed by atoms with Crippen LogP contribution in [0.15, 0.2) is 23.8 Å². The summed E-state index contributed by atoms with van der Waals surface area (Å²) in [7, 11) is 0. The van der Waals surface area contributed by atoms with Crippen LogP contribution in [-0.4, -0.2) is 12.6 Å². The first-order valence-corrected chi connectivity index (χ1v) is 16.8. The summed E-state index contributed by atoms with van der Waals surface area (Å²) >= 11 is 0. The molecule has 0 bridgehead atoms. The number of esters is 1. The van der Waals surface area contributed by atoms with Crippen LogP contribution in [0.2, 0.25) is 0 Å². The number of fused-ring (bicyclic) bond motifs is 3. The topological polar surface area (TPSA) is 26.3 Å². The summed E-state index contributed by atoms with van der Waals surface area (Å²) in [5.41, 5.74) is 3.53. The van der Waals surface area contributed by atoms with Gasteiger partial charge < -0.3 is 4.74 Å². The van der Waals surface area contributed by atoms with Crippen molar-refractivity contribution >= 4 is 5.97 Å². The molecule has 2 fully saturated rings. The van der Waals surface area contributed by atoms with Crippen molar-refractivity contribution in [3.63, 3.8) is 0 Å². The van der Waals surface area contributed by atoms with Crippen molar-refractivity contribution in [3.05, 3.63) is 23.8 Å². The molecule has 0 heterocycles. The number of allylic oxidation sites excluding steroid dienone is 3. The molecule has 2 heteroatoms. The van der Waals surface area contributed by atoms with E-state index in [1.165, 1.54) is 128 Å². The van der Waals surface area contributed by atoms with Gasteiger partial charge in [0.2, 0.25) is 0 Å². The SMILES string of the molecule is C=C(C)[C@@H]1C=C2CC[C@H]3[C@](C)(COC(=O)CCCCCCCCCCCCCCC)CCC[C@]3(C)[C@H]2CC1. The van der Waals surface area contributed by atoms with Crippen molar-refractivity contribution in [2.45, 2.75) is 163 Å². The van der Waals surface area contributed by atoms with Gasteiger partial charge in [-0.3, -0.25) is 4.79 Å². The molecular formula is C36H62O2. The number of hydrogen-bond acceptors (Lipinski definition) is 2. The van der Waals surface area contributed by atoms with E-state index in [9.17, 15) is 4.79 Å². The van der Waals surface area contributed by atoms with E-state index in [0.29, 0.717) is 30.3 Å². The monoisotopic (exact) mass is 526 g/mol. The lowest BCUT2D eigenvalue weighted by molar-refractivity contribution is -0.155. The lowest BCUT2D eigenvalue weighted by atomic mass is 9.46. The molecule has 0 aromatic carbocycles. The predicted octanol–water partition coefficient (Wildman–Crippen LogP) is 11.1. The number of hydrogen-bond donors (Lipinski definition) is 0. The minimum Gasteiger partial charge on any atom is -0.465 e. The quantitative estimate of drug-likeness (QED) is 0.107. The first-order valence-electron chi connectivity index (χ1n) is 16.8. The van der Waals surface area contributed by atoms with Crippen molar-refractivity contribution in [2.24, 2.45) is 28.6 Å². The van der Waals surface area contributed by atoms with E-state index in [-0.39, 0.29) is 11.4 Å². The molecule has 0 aromatic rings. The minimum atomic E-state index is 0.0416. The number of carbonyl (C=O) groups excluding carboxylic acids is 1. The summed E-state index contributed by atoms with van der Waals surface area (Å²) in [5, 5.41) is 0. The van der Waals surface area contributed by atoms with Gasteiger partial charge >= 0.3 is 5.97 Å². The zero-order valence-corrected chi connectivity index (χ0v) is 25.9. The maximum Gasteiger partial charge on any atom is 0.305 e. The van der Waals surface area contributed by atoms with Crippen molar-refractivity contribution in [1.82, 2.24) is 0 Å². The average molecular weight is 527 g/mol. The highest BCUT2D eigenvalue weighted by atomic mass is 16.5. The number of rotatable bonds is 17. The fourth-order valence-electron chi connectivity index (χ4n) is 8.59. The van der Waals surface area contributed by atoms with Crippen LogP contribution >= 0.6 is 0 Å². The van der Waals surface area contributed by atoms with E-state index in [1.54, 1.807) is 5.57 Å². The highest BCUT2D eigenvalue weighted by molar-refractivity contribution is 5.69. The van der Waals surface area contributed by atoms with E-state index in [1.807, 2.05) is 0 Å². The molecule has 5 atom stereocenters. The zero-order valence-electron chi connectivity index (χ0n) is 25.9. The first-order chi connectivity index (χ1) is 18.3. The Labute approximate surface area is 236 Å². The molecule has 0 saturated heterocycles. The Morgan fingerprint density at radius 3 is 2.11 bits per heavy atom. The Morgan fingerprint density at radius 2 is 1.50 bits per heavy atom. The van der Waals surface area contributed by atoms with Gasteiger partial charge in [-0.2, -0.15) is 0 Å². The minimum absolute atomic E-state index is 0.0416. The molecule has 0 spiro atoms. The fourth-order valence-corrected chi connectivity index (χ4v) is 8.59. The average Bonchev–Trinajstić information content (AvgIpc) is 2.90. The number of carbonyl (C=O) groups is 1. The predicted molar refractivity (Wildman–Crippen MR) is 163 cm³/mol. The summed E-state index contributed by atoms with van der Waals surface area (Å²) in [6.07, 6.45) is 29.4. The third-order valence-corrected chi connectivity index (χ3v) is 10.9. The van der Waals surface area contributed by atoms with Crippen LogP contribution in [0.1, 0.15) is 163 Å². The van der Waals surface area contributed by atoms with Crippen molar-refractivity contribution in [1.29, 1.82) is 0 Å². The van der Waals surface area contributed by atoms with Crippen LogP contribution in [0.5, 0.6) is 0 Å². The molecule has 2 saturated carbocycles. The third kappa shape index (κ3) is 8.72. The van der Waals surface area contributed by atoms with Gasteiger partial charge in [0.05, 0.1) is 6.61 Å². The number of ether oxygens (including phenoxy) is 1. The van der Waals surface area contributed by atoms with Crippen LogP contribution < -0.4 is 0 Å². The van der Waals surface area contributed by atoms with E-state index in [2.05, 4.69) is 40.3 Å². The summed E-state index contributed by atoms with van der Waals surface area (Å²) in [5.74, 6) is 2.01. The molecule has 218 valence electrons. The second-order valence-electron chi connectivity index (χ2n) is 14.1. The van der Waals surface area contributed by atoms with Gasteiger partial charge in [-0.1, -0.05) is 128 Å². The van der Waals surface area contributed by atoms with Gasteiger partial charge in [-0.05, 0) is 75.0 Å². The molecule has 0 amide bonds. The highest BCUT2D eigenvalue weighted by Crippen LogP contribution is 2.63. The Kier molecular flexibility index (Phi) is 13.0. The molecule has 0 N–H and O–H groups in total. The Morgan fingerprint density at radius 1 is 0.895 bits per heavy atom. The zero-order chi connectivity index (χ0) is 27.4. The Balaban J connectivity index is 1.32. The van der Waals surface area contributed by atoms with Gasteiger partial charge in [0, 0.05) is 11.8 Å². The summed E-state index contributed by atoms with van der Waals surface area (Å²) < 4.78 is 6.00. The smallest absolute Gasteiger partial charge is 0.305 e. The van der Waals surface area contributed by atoms with Crippen LogP contribution in [0.25, 0.3) is 0 Å². The van der Waals surface area contributed by atoms with E-state index >= 15 is 0 Å². The standard InChI is InChI=1S/C36H62O2/c1-6-7-8-9-10-11-12-13-14-15-16-17-18-20-34(37)38-28-35(4)25-19-26-36(5)32-23-21-30(29(2)3)27-31(32)22-24-33(35)36/h27,30,32-33H,2,6-26,28H2,1,3-5H3/t30-,32-,33-,35-,36+/m0/s1. The summed E-state index contributed by atoms with van der Waals surface area (Å²) in [6, 6.07) is 0. The molecular weight excluding hydrogens is 464 g/mol. The highest BCUT2D eigenvalue weighted by Gasteiger charge is 2.55. The molecule has 0 radical (unpaired) electrons. The maximum absolute atomic E-state index is 12.7. The van der Waals surface area contributed by atoms with Gasteiger partial charge in [-0.15, -0.1) is 0 Å². The van der Waals surface area contributed by atoms with E-state index < -0.39 is 0 Å². The molecule has 0 aliphatic heterocycles. The first kappa shape index (κ1) is 31.5. The summed E-state index contributed by atoms with van der Waals surface area (Å²) in [6.45, 7) is 14.4. The van der Waals surface area contributed by atoms with Gasteiger partial charge in [0.25, 0.3) is 0 Å². The Bertz CT molecular complexity index is 765. The van der Waals surface area contributed by atoms with E-state index in [0.717, 1.165) is 12.3 Å². The van der Waals surface area contributed by atoms with Crippen LogP contribution in [-0.2, 0) is 9.53 Å². The van der Waals surface area contributed by atoms with Crippen LogP contribution in [0.3, 0.4) is 0 Å². The summed E-state index contributed by atoms with van der Waals surface area (Å²) in [4.78, 5) is 12.7. The molecule has 3 aliphatic carbocycles. The molecule has 0 unspecified atom stereocenters. The lowest BCUT2D eigenvalue weighted by Gasteiger charge is -2.59. The normalized spacial score (nSPS) is 30.7. The molecule has 3 rings (SSSR count). The number of unbranched alkanes of at least 4 members (excludes halogenated alkanes) is 12.